The van der Waals surface area contributed by atoms with E-state index in [-0.39, 0.29) is 11.3 Å². The highest BCUT2D eigenvalue weighted by Gasteiger charge is 2.46. The molecule has 1 amide bonds. The molecule has 0 saturated heterocycles. The van der Waals surface area contributed by atoms with E-state index in [2.05, 4.69) is 4.98 Å². The van der Waals surface area contributed by atoms with Crippen LogP contribution in [0.1, 0.15) is 46.0 Å². The minimum absolute atomic E-state index is 0.0514. The predicted molar refractivity (Wildman–Crippen MR) is 134 cm³/mol. The Labute approximate surface area is 210 Å². The number of Topliss-reactive ketones (excluding diaryl/α,β-unsaturated/α-hetero) is 1. The van der Waals surface area contributed by atoms with Crippen LogP contribution in [-0.2, 0) is 9.59 Å². The van der Waals surface area contributed by atoms with Crippen molar-refractivity contribution in [1.82, 2.24) is 9.97 Å². The van der Waals surface area contributed by atoms with Crippen molar-refractivity contribution in [3.63, 3.8) is 0 Å². The molecule has 0 aliphatic carbocycles. The van der Waals surface area contributed by atoms with Gasteiger partial charge in [-0.2, -0.15) is 0 Å². The van der Waals surface area contributed by atoms with Gasteiger partial charge in [0.15, 0.2) is 16.7 Å². The first-order chi connectivity index (χ1) is 17.1. The first-order valence-electron chi connectivity index (χ1n) is 10.9. The Bertz CT molecular complexity index is 1520. The molecule has 0 spiro atoms. The molecule has 4 aromatic rings. The van der Waals surface area contributed by atoms with Crippen molar-refractivity contribution < 1.29 is 29.0 Å². The number of carbonyl (C=O) groups is 3. The molecular formula is C26H23N3O6S. The number of hydrogen-bond donors (Lipinski definition) is 2. The number of carboxylic acid groups (broad SMARTS) is 1. The molecule has 5 rings (SSSR count). The molecule has 9 nitrogen and oxygen atoms in total. The van der Waals surface area contributed by atoms with Crippen LogP contribution in [0.2, 0.25) is 0 Å². The Morgan fingerprint density at radius 2 is 1.86 bits per heavy atom. The highest BCUT2D eigenvalue weighted by Crippen LogP contribution is 2.44. The van der Waals surface area contributed by atoms with Crippen molar-refractivity contribution in [2.75, 3.05) is 4.90 Å². The Balaban J connectivity index is 0.000000709. The van der Waals surface area contributed by atoms with Gasteiger partial charge in [0, 0.05) is 19.3 Å². The number of fused-ring (bicyclic) bond motifs is 1. The van der Waals surface area contributed by atoms with Gasteiger partial charge in [-0.15, -0.1) is 0 Å². The average Bonchev–Trinajstić information content (AvgIpc) is 3.50. The third-order valence-electron chi connectivity index (χ3n) is 5.44. The zero-order valence-corrected chi connectivity index (χ0v) is 20.8. The summed E-state index contributed by atoms with van der Waals surface area (Å²) in [5.74, 6) is -2.05. The maximum absolute atomic E-state index is 13.3. The number of aliphatic carboxylic acids is 1. The molecule has 1 unspecified atom stereocenters. The number of rotatable bonds is 4. The Kier molecular flexibility index (Phi) is 6.71. The Hall–Kier alpha value is -4.31. The Morgan fingerprint density at radius 3 is 2.47 bits per heavy atom. The van der Waals surface area contributed by atoms with Gasteiger partial charge in [0.25, 0.3) is 11.9 Å². The maximum Gasteiger partial charge on any atom is 0.300 e. The summed E-state index contributed by atoms with van der Waals surface area (Å²) < 4.78 is 6.42. The van der Waals surface area contributed by atoms with Gasteiger partial charge in [0.2, 0.25) is 5.78 Å². The van der Waals surface area contributed by atoms with Crippen molar-refractivity contribution in [3.8, 4) is 0 Å². The van der Waals surface area contributed by atoms with Crippen LogP contribution in [0.4, 0.5) is 5.13 Å². The zero-order chi connectivity index (χ0) is 26.1. The van der Waals surface area contributed by atoms with E-state index in [4.69, 9.17) is 19.3 Å². The molecule has 0 bridgehead atoms. The second-order valence-corrected chi connectivity index (χ2v) is 9.32. The normalized spacial score (nSPS) is 15.3. The van der Waals surface area contributed by atoms with Crippen LogP contribution >= 0.6 is 11.3 Å². The summed E-state index contributed by atoms with van der Waals surface area (Å²) in [5, 5.41) is 18.6. The van der Waals surface area contributed by atoms with Gasteiger partial charge >= 0.3 is 0 Å². The van der Waals surface area contributed by atoms with Crippen LogP contribution in [0.5, 0.6) is 0 Å². The number of carbonyl (C=O) groups excluding carboxylic acids is 2. The number of hydrogen-bond acceptors (Lipinski definition) is 8. The molecule has 2 N–H and O–H groups in total. The summed E-state index contributed by atoms with van der Waals surface area (Å²) in [6.45, 7) is 6.77. The minimum atomic E-state index is -0.879. The van der Waals surface area contributed by atoms with E-state index in [0.29, 0.717) is 16.5 Å². The fraction of sp³-hybridized carbons (Fsp3) is 0.192. The molecule has 184 valence electrons. The summed E-state index contributed by atoms with van der Waals surface area (Å²) in [7, 11) is 0. The number of nitrogens with zero attached hydrogens (tertiary/aromatic N) is 3. The number of aliphatic hydroxyl groups excluding tert-OH is 1. The summed E-state index contributed by atoms with van der Waals surface area (Å²) in [5.41, 5.74) is 3.40. The van der Waals surface area contributed by atoms with Crippen LogP contribution in [0.15, 0.2) is 64.5 Å². The van der Waals surface area contributed by atoms with Crippen LogP contribution < -0.4 is 4.90 Å². The van der Waals surface area contributed by atoms with E-state index in [1.807, 2.05) is 26.0 Å². The number of benzene rings is 1. The van der Waals surface area contributed by atoms with E-state index in [0.717, 1.165) is 28.3 Å². The lowest BCUT2D eigenvalue weighted by Crippen LogP contribution is -2.31. The second-order valence-electron chi connectivity index (χ2n) is 8.31. The van der Waals surface area contributed by atoms with Crippen molar-refractivity contribution in [2.45, 2.75) is 33.7 Å². The quantitative estimate of drug-likeness (QED) is 0.367. The molecule has 1 aliphatic heterocycles. The fourth-order valence-corrected chi connectivity index (χ4v) is 5.21. The smallest absolute Gasteiger partial charge is 0.300 e. The number of pyridine rings is 1. The number of aromatic nitrogens is 2. The van der Waals surface area contributed by atoms with Gasteiger partial charge in [-0.3, -0.25) is 24.3 Å². The highest BCUT2D eigenvalue weighted by atomic mass is 32.1. The molecule has 3 aromatic heterocycles. The average molecular weight is 506 g/mol. The highest BCUT2D eigenvalue weighted by molar-refractivity contribution is 7.22. The van der Waals surface area contributed by atoms with Crippen LogP contribution in [0, 0.1) is 20.8 Å². The SMILES string of the molecule is CC(=O)O.Cc1cc(C)c2nc(N3C(=O)C(O)=C(C(=O)c4ccc(C)o4)C3c3cccnc3)sc2c1. The summed E-state index contributed by atoms with van der Waals surface area (Å²) in [4.78, 5) is 45.8. The summed E-state index contributed by atoms with van der Waals surface area (Å²) >= 11 is 1.34. The van der Waals surface area contributed by atoms with Gasteiger partial charge in [-0.05, 0) is 61.7 Å². The molecule has 1 atom stereocenters. The third-order valence-corrected chi connectivity index (χ3v) is 6.44. The summed E-state index contributed by atoms with van der Waals surface area (Å²) in [6, 6.07) is 9.84. The number of anilines is 1. The third kappa shape index (κ3) is 4.63. The second kappa shape index (κ2) is 9.74. The van der Waals surface area contributed by atoms with Crippen molar-refractivity contribution in [2.24, 2.45) is 0 Å². The van der Waals surface area contributed by atoms with E-state index in [1.54, 1.807) is 37.5 Å². The van der Waals surface area contributed by atoms with Crippen LogP contribution in [0.25, 0.3) is 10.2 Å². The molecule has 10 heteroatoms. The predicted octanol–water partition coefficient (Wildman–Crippen LogP) is 5.08. The maximum atomic E-state index is 13.3. The monoisotopic (exact) mass is 505 g/mol. The van der Waals surface area contributed by atoms with Gasteiger partial charge < -0.3 is 14.6 Å². The summed E-state index contributed by atoms with van der Waals surface area (Å²) in [6.07, 6.45) is 3.18. The molecule has 0 saturated carbocycles. The topological polar surface area (TPSA) is 134 Å². The number of carboxylic acids is 1. The first-order valence-corrected chi connectivity index (χ1v) is 11.7. The van der Waals surface area contributed by atoms with Crippen LogP contribution in [0.3, 0.4) is 0 Å². The molecule has 0 fully saturated rings. The van der Waals surface area contributed by atoms with Gasteiger partial charge in [-0.25, -0.2) is 4.98 Å². The van der Waals surface area contributed by atoms with E-state index in [9.17, 15) is 14.7 Å². The molecule has 4 heterocycles. The number of furan rings is 1. The molecule has 36 heavy (non-hydrogen) atoms. The van der Waals surface area contributed by atoms with Crippen molar-refractivity contribution >= 4 is 44.3 Å². The fourth-order valence-electron chi connectivity index (χ4n) is 4.04. The number of amides is 1. The molecule has 1 aromatic carbocycles. The molecule has 0 radical (unpaired) electrons. The number of aryl methyl sites for hydroxylation is 3. The van der Waals surface area contributed by atoms with Crippen LogP contribution in [-0.4, -0.2) is 37.8 Å². The van der Waals surface area contributed by atoms with Gasteiger partial charge in [-0.1, -0.05) is 23.5 Å². The zero-order valence-electron chi connectivity index (χ0n) is 20.0. The van der Waals surface area contributed by atoms with Crippen molar-refractivity contribution in [3.05, 3.63) is 88.3 Å². The lowest BCUT2D eigenvalue weighted by atomic mass is 9.96. The van der Waals surface area contributed by atoms with Gasteiger partial charge in [0.05, 0.1) is 21.8 Å². The standard InChI is InChI=1S/C24H19N3O4S.C2H4O2/c1-12-9-13(2)19-17(10-12)32-24(26-19)27-20(15-5-4-8-25-11-15)18(22(29)23(27)30)21(28)16-7-6-14(3)31-16;1-2(3)4/h4-11,20,29H,1-3H3;1H3,(H,3,4). The van der Waals surface area contributed by atoms with E-state index in [1.165, 1.54) is 22.3 Å². The molecule has 1 aliphatic rings. The number of ketones is 1. The largest absolute Gasteiger partial charge is 0.503 e. The van der Waals surface area contributed by atoms with Crippen molar-refractivity contribution in [1.29, 1.82) is 0 Å². The van der Waals surface area contributed by atoms with E-state index >= 15 is 0 Å². The first kappa shape index (κ1) is 24.8. The molecular weight excluding hydrogens is 482 g/mol. The minimum Gasteiger partial charge on any atom is -0.503 e. The Morgan fingerprint density at radius 1 is 1.14 bits per heavy atom. The number of aliphatic hydroxyl groups is 1. The number of thiazole rings is 1. The lowest BCUT2D eigenvalue weighted by Gasteiger charge is -2.23. The lowest BCUT2D eigenvalue weighted by molar-refractivity contribution is -0.134. The van der Waals surface area contributed by atoms with E-state index < -0.39 is 29.5 Å². The van der Waals surface area contributed by atoms with Gasteiger partial charge in [0.1, 0.15) is 5.76 Å².